The highest BCUT2D eigenvalue weighted by atomic mass is 16.6. The number of carboxylic acid groups (broad SMARTS) is 1. The lowest BCUT2D eigenvalue weighted by Gasteiger charge is -2.49. The first-order chi connectivity index (χ1) is 7.08. The van der Waals surface area contributed by atoms with Gasteiger partial charge in [0.2, 0.25) is 0 Å². The van der Waals surface area contributed by atoms with Crippen molar-refractivity contribution >= 4 is 12.1 Å². The first-order valence-corrected chi connectivity index (χ1v) is 5.03. The molecule has 0 aromatic rings. The van der Waals surface area contributed by atoms with Crippen LogP contribution in [0, 0.1) is 0 Å². The van der Waals surface area contributed by atoms with Crippen LogP contribution < -0.4 is 0 Å². The maximum atomic E-state index is 11.6. The smallest absolute Gasteiger partial charge is 0.410 e. The minimum Gasteiger partial charge on any atom is -0.479 e. The van der Waals surface area contributed by atoms with Crippen molar-refractivity contribution in [2.75, 3.05) is 6.54 Å². The zero-order valence-electron chi connectivity index (χ0n) is 9.85. The Morgan fingerprint density at radius 2 is 1.94 bits per heavy atom. The van der Waals surface area contributed by atoms with Gasteiger partial charge in [0.15, 0.2) is 5.60 Å². The fraction of sp³-hybridized carbons (Fsp3) is 0.800. The van der Waals surface area contributed by atoms with Gasteiger partial charge in [0.05, 0.1) is 12.6 Å². The van der Waals surface area contributed by atoms with Crippen molar-refractivity contribution in [1.29, 1.82) is 0 Å². The lowest BCUT2D eigenvalue weighted by molar-refractivity contribution is -0.188. The van der Waals surface area contributed by atoms with Crippen LogP contribution in [0.3, 0.4) is 0 Å². The van der Waals surface area contributed by atoms with Crippen LogP contribution in [0.5, 0.6) is 0 Å². The fourth-order valence-electron chi connectivity index (χ4n) is 1.46. The van der Waals surface area contributed by atoms with Crippen LogP contribution in [0.4, 0.5) is 4.79 Å². The number of rotatable bonds is 1. The van der Waals surface area contributed by atoms with Gasteiger partial charge in [-0.25, -0.2) is 9.59 Å². The van der Waals surface area contributed by atoms with E-state index in [0.29, 0.717) is 0 Å². The van der Waals surface area contributed by atoms with Crippen LogP contribution >= 0.6 is 0 Å². The maximum absolute atomic E-state index is 11.6. The SMILES string of the molecule is CC1N(C(=O)OC(C)(C)C)CC1(O)C(=O)O. The van der Waals surface area contributed by atoms with Gasteiger partial charge in [-0.2, -0.15) is 0 Å². The highest BCUT2D eigenvalue weighted by Crippen LogP contribution is 2.30. The number of carboxylic acids is 1. The largest absolute Gasteiger partial charge is 0.479 e. The Labute approximate surface area is 93.8 Å². The van der Waals surface area contributed by atoms with Crippen molar-refractivity contribution in [3.63, 3.8) is 0 Å². The summed E-state index contributed by atoms with van der Waals surface area (Å²) < 4.78 is 5.07. The summed E-state index contributed by atoms with van der Waals surface area (Å²) in [4.78, 5) is 23.5. The van der Waals surface area contributed by atoms with Gasteiger partial charge in [-0.1, -0.05) is 0 Å². The third-order valence-corrected chi connectivity index (χ3v) is 2.57. The molecule has 2 N–H and O–H groups in total. The molecule has 6 heteroatoms. The molecule has 0 spiro atoms. The second-order valence-electron chi connectivity index (χ2n) is 5.01. The van der Waals surface area contributed by atoms with Crippen LogP contribution in [0.25, 0.3) is 0 Å². The van der Waals surface area contributed by atoms with E-state index in [1.165, 1.54) is 11.8 Å². The summed E-state index contributed by atoms with van der Waals surface area (Å²) >= 11 is 0. The molecule has 0 radical (unpaired) electrons. The number of carbonyl (C=O) groups excluding carboxylic acids is 1. The standard InChI is InChI=1S/C10H17NO5/c1-6-10(15,7(12)13)5-11(6)8(14)16-9(2,3)4/h6,15H,5H2,1-4H3,(H,12,13). The molecular formula is C10H17NO5. The van der Waals surface area contributed by atoms with Gasteiger partial charge in [-0.3, -0.25) is 4.90 Å². The Kier molecular flexibility index (Phi) is 2.89. The van der Waals surface area contributed by atoms with E-state index < -0.39 is 29.3 Å². The summed E-state index contributed by atoms with van der Waals surface area (Å²) in [7, 11) is 0. The zero-order valence-corrected chi connectivity index (χ0v) is 9.85. The minimum absolute atomic E-state index is 0.238. The van der Waals surface area contributed by atoms with Crippen molar-refractivity contribution in [2.24, 2.45) is 0 Å². The molecule has 6 nitrogen and oxygen atoms in total. The van der Waals surface area contributed by atoms with E-state index in [9.17, 15) is 14.7 Å². The van der Waals surface area contributed by atoms with Crippen LogP contribution in [0.1, 0.15) is 27.7 Å². The molecule has 0 saturated carbocycles. The molecule has 1 aliphatic heterocycles. The molecule has 1 saturated heterocycles. The normalized spacial score (nSPS) is 29.6. The average Bonchev–Trinajstić information content (AvgIpc) is 2.09. The number of aliphatic hydroxyl groups is 1. The Morgan fingerprint density at radius 3 is 2.25 bits per heavy atom. The topological polar surface area (TPSA) is 87.1 Å². The molecule has 0 aromatic carbocycles. The highest BCUT2D eigenvalue weighted by molar-refractivity contribution is 5.83. The van der Waals surface area contributed by atoms with Gasteiger partial charge in [-0.15, -0.1) is 0 Å². The van der Waals surface area contributed by atoms with Crippen molar-refractivity contribution in [3.05, 3.63) is 0 Å². The number of amides is 1. The maximum Gasteiger partial charge on any atom is 0.410 e. The predicted molar refractivity (Wildman–Crippen MR) is 55.0 cm³/mol. The molecule has 92 valence electrons. The third kappa shape index (κ3) is 2.11. The number of ether oxygens (including phenoxy) is 1. The Hall–Kier alpha value is -1.30. The van der Waals surface area contributed by atoms with E-state index in [1.807, 2.05) is 0 Å². The average molecular weight is 231 g/mol. The number of aliphatic carboxylic acids is 1. The van der Waals surface area contributed by atoms with E-state index in [1.54, 1.807) is 20.8 Å². The molecule has 1 amide bonds. The molecule has 1 rings (SSSR count). The minimum atomic E-state index is -1.85. The molecule has 2 atom stereocenters. The van der Waals surface area contributed by atoms with E-state index in [2.05, 4.69) is 0 Å². The molecule has 0 bridgehead atoms. The van der Waals surface area contributed by atoms with Gasteiger partial charge in [0, 0.05) is 0 Å². The number of β-amino-alcohol motifs (C(OH)–C–C–N with tert-alkyl or cyclic N) is 1. The number of hydrogen-bond donors (Lipinski definition) is 2. The highest BCUT2D eigenvalue weighted by Gasteiger charge is 2.57. The van der Waals surface area contributed by atoms with Crippen LogP contribution in [-0.4, -0.2) is 51.0 Å². The molecular weight excluding hydrogens is 214 g/mol. The van der Waals surface area contributed by atoms with Gasteiger partial charge in [-0.05, 0) is 27.7 Å². The number of likely N-dealkylation sites (tertiary alicyclic amines) is 1. The summed E-state index contributed by atoms with van der Waals surface area (Å²) in [5.41, 5.74) is -2.48. The van der Waals surface area contributed by atoms with E-state index in [-0.39, 0.29) is 6.54 Å². The van der Waals surface area contributed by atoms with Crippen LogP contribution in [0.2, 0.25) is 0 Å². The van der Waals surface area contributed by atoms with Gasteiger partial charge in [0.25, 0.3) is 0 Å². The second-order valence-corrected chi connectivity index (χ2v) is 5.01. The van der Waals surface area contributed by atoms with Crippen molar-refractivity contribution < 1.29 is 24.5 Å². The molecule has 16 heavy (non-hydrogen) atoms. The Morgan fingerprint density at radius 1 is 1.44 bits per heavy atom. The van der Waals surface area contributed by atoms with Crippen molar-refractivity contribution in [2.45, 2.75) is 44.9 Å². The molecule has 0 aromatic heterocycles. The van der Waals surface area contributed by atoms with Gasteiger partial charge in [0.1, 0.15) is 5.60 Å². The molecule has 2 unspecified atom stereocenters. The lowest BCUT2D eigenvalue weighted by Crippen LogP contribution is -2.73. The first-order valence-electron chi connectivity index (χ1n) is 5.03. The third-order valence-electron chi connectivity index (χ3n) is 2.57. The first kappa shape index (κ1) is 12.8. The molecule has 0 aliphatic carbocycles. The summed E-state index contributed by atoms with van der Waals surface area (Å²) in [5.74, 6) is -1.32. The van der Waals surface area contributed by atoms with E-state index in [4.69, 9.17) is 9.84 Å². The summed E-state index contributed by atoms with van der Waals surface area (Å²) in [6.07, 6.45) is -0.606. The second kappa shape index (κ2) is 3.62. The molecule has 1 heterocycles. The molecule has 1 aliphatic rings. The number of carbonyl (C=O) groups is 2. The molecule has 1 fully saturated rings. The van der Waals surface area contributed by atoms with Gasteiger partial charge >= 0.3 is 12.1 Å². The number of hydrogen-bond acceptors (Lipinski definition) is 4. The van der Waals surface area contributed by atoms with Crippen molar-refractivity contribution in [3.8, 4) is 0 Å². The summed E-state index contributed by atoms with van der Waals surface area (Å²) in [6.45, 7) is 6.40. The van der Waals surface area contributed by atoms with Gasteiger partial charge < -0.3 is 14.9 Å². The lowest BCUT2D eigenvalue weighted by atomic mass is 9.85. The summed E-state index contributed by atoms with van der Waals surface area (Å²) in [6, 6.07) is -0.778. The van der Waals surface area contributed by atoms with E-state index >= 15 is 0 Å². The van der Waals surface area contributed by atoms with Crippen molar-refractivity contribution in [1.82, 2.24) is 4.90 Å². The van der Waals surface area contributed by atoms with Crippen LogP contribution in [0.15, 0.2) is 0 Å². The zero-order chi connectivity index (χ0) is 12.7. The van der Waals surface area contributed by atoms with E-state index in [0.717, 1.165) is 0 Å². The fourth-order valence-corrected chi connectivity index (χ4v) is 1.46. The monoisotopic (exact) mass is 231 g/mol. The number of nitrogens with zero attached hydrogens (tertiary/aromatic N) is 1. The Balaban J connectivity index is 2.62. The Bertz CT molecular complexity index is 322. The van der Waals surface area contributed by atoms with Crippen LogP contribution in [-0.2, 0) is 9.53 Å². The quantitative estimate of drug-likeness (QED) is 0.683. The predicted octanol–water partition coefficient (Wildman–Crippen LogP) is 0.441. The summed E-state index contributed by atoms with van der Waals surface area (Å²) in [5, 5.41) is 18.4.